The zero-order valence-corrected chi connectivity index (χ0v) is 14.1. The van der Waals surface area contributed by atoms with E-state index in [2.05, 4.69) is 16.8 Å². The van der Waals surface area contributed by atoms with E-state index >= 15 is 0 Å². The van der Waals surface area contributed by atoms with E-state index in [1.54, 1.807) is 24.1 Å². The third-order valence-electron chi connectivity index (χ3n) is 4.30. The van der Waals surface area contributed by atoms with Crippen molar-refractivity contribution in [2.75, 3.05) is 58.3 Å². The lowest BCUT2D eigenvalue weighted by Gasteiger charge is -2.34. The fraction of sp³-hybridized carbons (Fsp3) is 0.588. The van der Waals surface area contributed by atoms with E-state index in [0.29, 0.717) is 18.8 Å². The van der Waals surface area contributed by atoms with Crippen LogP contribution in [0.1, 0.15) is 17.3 Å². The van der Waals surface area contributed by atoms with Crippen LogP contribution in [0.5, 0.6) is 0 Å². The Bertz CT molecular complexity index is 545. The molecule has 0 aromatic heterocycles. The minimum atomic E-state index is -0.550. The maximum Gasteiger partial charge on any atom is 0.164 e. The van der Waals surface area contributed by atoms with Gasteiger partial charge >= 0.3 is 0 Å². The van der Waals surface area contributed by atoms with Crippen LogP contribution in [0.25, 0.3) is 0 Å². The van der Waals surface area contributed by atoms with Crippen molar-refractivity contribution in [2.24, 2.45) is 0 Å². The van der Waals surface area contributed by atoms with Gasteiger partial charge in [-0.15, -0.1) is 0 Å². The molecule has 1 heterocycles. The van der Waals surface area contributed by atoms with E-state index in [1.165, 1.54) is 13.0 Å². The lowest BCUT2D eigenvalue weighted by Crippen LogP contribution is -2.48. The van der Waals surface area contributed by atoms with Crippen LogP contribution >= 0.6 is 0 Å². The summed E-state index contributed by atoms with van der Waals surface area (Å²) < 4.78 is 13.9. The van der Waals surface area contributed by atoms with Crippen LogP contribution in [0.4, 0.5) is 10.1 Å². The number of hydrogen-bond donors (Lipinski definition) is 1. The van der Waals surface area contributed by atoms with Crippen molar-refractivity contribution < 1.29 is 14.3 Å². The molecule has 1 fully saturated rings. The van der Waals surface area contributed by atoms with E-state index in [-0.39, 0.29) is 11.3 Å². The van der Waals surface area contributed by atoms with Crippen molar-refractivity contribution in [1.29, 1.82) is 0 Å². The molecule has 1 N–H and O–H groups in total. The van der Waals surface area contributed by atoms with Gasteiger partial charge in [0.25, 0.3) is 0 Å². The number of nitrogens with zero attached hydrogens (tertiary/aromatic N) is 3. The average molecular weight is 323 g/mol. The Labute approximate surface area is 137 Å². The van der Waals surface area contributed by atoms with E-state index in [0.717, 1.165) is 26.2 Å². The SMILES string of the molecule is CC(=O)c1c(F)cccc1N(C)C[C@@H](O)CN1CCN(C)CC1. The molecular formula is C17H26FN3O2. The van der Waals surface area contributed by atoms with Crippen LogP contribution in [-0.2, 0) is 0 Å². The first-order chi connectivity index (χ1) is 10.9. The fourth-order valence-corrected chi connectivity index (χ4v) is 2.98. The smallest absolute Gasteiger partial charge is 0.164 e. The number of carbonyl (C=O) groups excluding carboxylic acids is 1. The summed E-state index contributed by atoms with van der Waals surface area (Å²) in [6.07, 6.45) is -0.550. The molecule has 1 aliphatic rings. The minimum Gasteiger partial charge on any atom is -0.390 e. The van der Waals surface area contributed by atoms with Crippen molar-refractivity contribution >= 4 is 11.5 Å². The van der Waals surface area contributed by atoms with Gasteiger partial charge in [-0.2, -0.15) is 0 Å². The molecule has 1 atom stereocenters. The van der Waals surface area contributed by atoms with E-state index < -0.39 is 11.9 Å². The number of hydrogen-bond acceptors (Lipinski definition) is 5. The van der Waals surface area contributed by atoms with Crippen LogP contribution in [0.3, 0.4) is 0 Å². The number of aliphatic hydroxyl groups is 1. The molecule has 0 radical (unpaired) electrons. The second-order valence-corrected chi connectivity index (χ2v) is 6.33. The summed E-state index contributed by atoms with van der Waals surface area (Å²) >= 11 is 0. The zero-order chi connectivity index (χ0) is 17.0. The van der Waals surface area contributed by atoms with Crippen LogP contribution in [-0.4, -0.2) is 80.2 Å². The van der Waals surface area contributed by atoms with Crippen LogP contribution in [0.15, 0.2) is 18.2 Å². The number of piperazine rings is 1. The topological polar surface area (TPSA) is 47.0 Å². The number of Topliss-reactive ketones (excluding diaryl/α,β-unsaturated/α-hetero) is 1. The molecule has 0 unspecified atom stereocenters. The van der Waals surface area contributed by atoms with Gasteiger partial charge < -0.3 is 14.9 Å². The predicted molar refractivity (Wildman–Crippen MR) is 89.6 cm³/mol. The maximum atomic E-state index is 13.9. The van der Waals surface area contributed by atoms with E-state index in [1.807, 2.05) is 0 Å². The number of ketones is 1. The highest BCUT2D eigenvalue weighted by atomic mass is 19.1. The van der Waals surface area contributed by atoms with Crippen molar-refractivity contribution in [3.63, 3.8) is 0 Å². The van der Waals surface area contributed by atoms with Crippen molar-refractivity contribution in [3.05, 3.63) is 29.6 Å². The largest absolute Gasteiger partial charge is 0.390 e. The molecule has 0 bridgehead atoms. The highest BCUT2D eigenvalue weighted by Gasteiger charge is 2.20. The van der Waals surface area contributed by atoms with Gasteiger partial charge in [-0.05, 0) is 26.1 Å². The summed E-state index contributed by atoms with van der Waals surface area (Å²) in [4.78, 5) is 17.9. The molecule has 1 aliphatic heterocycles. The normalized spacial score (nSPS) is 18.0. The van der Waals surface area contributed by atoms with Gasteiger partial charge in [-0.3, -0.25) is 9.69 Å². The number of aliphatic hydroxyl groups excluding tert-OH is 1. The molecule has 1 aromatic carbocycles. The second-order valence-electron chi connectivity index (χ2n) is 6.33. The number of anilines is 1. The Kier molecular flexibility index (Phi) is 6.10. The standard InChI is InChI=1S/C17H26FN3O2/c1-13(22)17-15(18)5-4-6-16(17)20(3)11-14(23)12-21-9-7-19(2)8-10-21/h4-6,14,23H,7-12H2,1-3H3/t14-/m1/s1. The molecule has 2 rings (SSSR count). The third kappa shape index (κ3) is 4.73. The lowest BCUT2D eigenvalue weighted by atomic mass is 10.1. The van der Waals surface area contributed by atoms with Gasteiger partial charge in [0.1, 0.15) is 5.82 Å². The molecule has 0 amide bonds. The lowest BCUT2D eigenvalue weighted by molar-refractivity contribution is 0.0842. The number of rotatable bonds is 6. The van der Waals surface area contributed by atoms with Gasteiger partial charge in [0.15, 0.2) is 5.78 Å². The van der Waals surface area contributed by atoms with E-state index in [9.17, 15) is 14.3 Å². The molecule has 0 saturated carbocycles. The maximum absolute atomic E-state index is 13.9. The third-order valence-corrected chi connectivity index (χ3v) is 4.30. The summed E-state index contributed by atoms with van der Waals surface area (Å²) in [5.41, 5.74) is 0.608. The van der Waals surface area contributed by atoms with Crippen LogP contribution in [0, 0.1) is 5.82 Å². The molecule has 0 spiro atoms. The molecule has 6 heteroatoms. The number of β-amino-alcohol motifs (C(OH)–C–C–N with tert-alkyl or cyclic N) is 1. The van der Waals surface area contributed by atoms with Gasteiger partial charge in [-0.25, -0.2) is 4.39 Å². The first kappa shape index (κ1) is 17.8. The molecule has 1 aromatic rings. The second kappa shape index (κ2) is 7.86. The molecule has 128 valence electrons. The molecule has 5 nitrogen and oxygen atoms in total. The predicted octanol–water partition coefficient (Wildman–Crippen LogP) is 1.07. The first-order valence-corrected chi connectivity index (χ1v) is 7.98. The number of likely N-dealkylation sites (N-methyl/N-ethyl adjacent to an activating group) is 2. The number of halogens is 1. The molecule has 0 aliphatic carbocycles. The summed E-state index contributed by atoms with van der Waals surface area (Å²) in [7, 11) is 3.86. The zero-order valence-electron chi connectivity index (χ0n) is 14.1. The average Bonchev–Trinajstić information content (AvgIpc) is 2.48. The number of benzene rings is 1. The van der Waals surface area contributed by atoms with Crippen molar-refractivity contribution in [3.8, 4) is 0 Å². The summed E-state index contributed by atoms with van der Waals surface area (Å²) in [5, 5.41) is 10.3. The Balaban J connectivity index is 1.97. The summed E-state index contributed by atoms with van der Waals surface area (Å²) in [6.45, 7) is 6.18. The monoisotopic (exact) mass is 323 g/mol. The Morgan fingerprint density at radius 1 is 1.35 bits per heavy atom. The summed E-state index contributed by atoms with van der Waals surface area (Å²) in [5.74, 6) is -0.825. The van der Waals surface area contributed by atoms with Gasteiger partial charge in [0, 0.05) is 46.3 Å². The molecule has 23 heavy (non-hydrogen) atoms. The van der Waals surface area contributed by atoms with Crippen LogP contribution in [0.2, 0.25) is 0 Å². The molecular weight excluding hydrogens is 297 g/mol. The Morgan fingerprint density at radius 3 is 2.61 bits per heavy atom. The highest BCUT2D eigenvalue weighted by Crippen LogP contribution is 2.23. The van der Waals surface area contributed by atoms with Gasteiger partial charge in [-0.1, -0.05) is 6.07 Å². The van der Waals surface area contributed by atoms with Crippen LogP contribution < -0.4 is 4.90 Å². The highest BCUT2D eigenvalue weighted by molar-refractivity contribution is 6.00. The van der Waals surface area contributed by atoms with E-state index in [4.69, 9.17) is 0 Å². The van der Waals surface area contributed by atoms with Crippen molar-refractivity contribution in [2.45, 2.75) is 13.0 Å². The first-order valence-electron chi connectivity index (χ1n) is 7.98. The van der Waals surface area contributed by atoms with Gasteiger partial charge in [0.2, 0.25) is 0 Å². The van der Waals surface area contributed by atoms with Gasteiger partial charge in [0.05, 0.1) is 17.4 Å². The molecule has 1 saturated heterocycles. The van der Waals surface area contributed by atoms with Crippen molar-refractivity contribution in [1.82, 2.24) is 9.80 Å². The Morgan fingerprint density at radius 2 is 2.00 bits per heavy atom. The minimum absolute atomic E-state index is 0.0850. The summed E-state index contributed by atoms with van der Waals surface area (Å²) in [6, 6.07) is 4.58. The number of carbonyl (C=O) groups is 1. The Hall–Kier alpha value is -1.50. The fourth-order valence-electron chi connectivity index (χ4n) is 2.98. The quantitative estimate of drug-likeness (QED) is 0.794.